The Hall–Kier alpha value is -0.700. The largest absolute Gasteiger partial charge is 0.296 e. The van der Waals surface area contributed by atoms with Crippen LogP contribution in [0, 0.1) is 6.92 Å². The number of hydrogen-bond donors (Lipinski definition) is 0. The molecule has 3 heteroatoms. The molecule has 0 saturated heterocycles. The molecule has 0 aliphatic heterocycles. The summed E-state index contributed by atoms with van der Waals surface area (Å²) in [5.41, 5.74) is 2.23. The van der Waals surface area contributed by atoms with Crippen LogP contribution in [0.4, 0.5) is 0 Å². The zero-order valence-electron chi connectivity index (χ0n) is 6.42. The predicted molar refractivity (Wildman–Crippen MR) is 43.6 cm³/mol. The summed E-state index contributed by atoms with van der Waals surface area (Å²) in [6.45, 7) is 5.88. The summed E-state index contributed by atoms with van der Waals surface area (Å²) in [6, 6.07) is 0. The molecule has 0 aliphatic carbocycles. The molecule has 0 aromatic carbocycles. The number of nitrogens with zero attached hydrogens (tertiary/aromatic N) is 1. The molecule has 1 heterocycles. The summed E-state index contributed by atoms with van der Waals surface area (Å²) in [6.07, 6.45) is 0.770. The molecule has 0 bridgehead atoms. The number of aryl methyl sites for hydroxylation is 1. The van der Waals surface area contributed by atoms with E-state index in [0.29, 0.717) is 5.69 Å². The first-order valence-corrected chi connectivity index (χ1v) is 4.08. The molecule has 1 rings (SSSR count). The molecule has 0 atom stereocenters. The summed E-state index contributed by atoms with van der Waals surface area (Å²) in [5, 5.41) is 0. The minimum absolute atomic E-state index is 0.565. The first-order chi connectivity index (χ1) is 4.84. The lowest BCUT2D eigenvalue weighted by molar-refractivity contribution is 0.111. The molecule has 0 N–H and O–H groups in total. The standard InChI is InChI=1S/C5H5NOS.C2H6/c1-4-5(2-7)6-3-8-4;1-2/h2-3H,1H3;1-2H3. The summed E-state index contributed by atoms with van der Waals surface area (Å²) in [4.78, 5) is 14.8. The Morgan fingerprint density at radius 2 is 2.20 bits per heavy atom. The molecule has 10 heavy (non-hydrogen) atoms. The molecule has 0 unspecified atom stereocenters. The van der Waals surface area contributed by atoms with E-state index in [-0.39, 0.29) is 0 Å². The highest BCUT2D eigenvalue weighted by atomic mass is 32.1. The van der Waals surface area contributed by atoms with Gasteiger partial charge >= 0.3 is 0 Å². The average Bonchev–Trinajstić information content (AvgIpc) is 2.39. The van der Waals surface area contributed by atoms with Crippen molar-refractivity contribution >= 4 is 17.6 Å². The first kappa shape index (κ1) is 9.30. The third-order valence-corrected chi connectivity index (χ3v) is 1.67. The number of carbonyl (C=O) groups is 1. The van der Waals surface area contributed by atoms with Crippen molar-refractivity contribution in [1.29, 1.82) is 0 Å². The van der Waals surface area contributed by atoms with E-state index in [1.54, 1.807) is 5.51 Å². The van der Waals surface area contributed by atoms with E-state index in [4.69, 9.17) is 0 Å². The van der Waals surface area contributed by atoms with Crippen molar-refractivity contribution in [3.8, 4) is 0 Å². The van der Waals surface area contributed by atoms with Gasteiger partial charge in [-0.1, -0.05) is 13.8 Å². The SMILES string of the molecule is CC.Cc1scnc1C=O. The molecule has 1 aromatic rings. The van der Waals surface area contributed by atoms with Gasteiger partial charge < -0.3 is 0 Å². The van der Waals surface area contributed by atoms with Crippen molar-refractivity contribution in [3.63, 3.8) is 0 Å². The Morgan fingerprint density at radius 1 is 1.60 bits per heavy atom. The van der Waals surface area contributed by atoms with E-state index in [0.717, 1.165) is 11.2 Å². The Bertz CT molecular complexity index is 195. The summed E-state index contributed by atoms with van der Waals surface area (Å²) >= 11 is 1.49. The normalized spacial score (nSPS) is 7.90. The number of carbonyl (C=O) groups excluding carboxylic acids is 1. The van der Waals surface area contributed by atoms with Gasteiger partial charge in [0.15, 0.2) is 6.29 Å². The van der Waals surface area contributed by atoms with Crippen LogP contribution >= 0.6 is 11.3 Å². The third-order valence-electron chi connectivity index (χ3n) is 0.894. The second-order valence-electron chi connectivity index (χ2n) is 1.41. The van der Waals surface area contributed by atoms with E-state index >= 15 is 0 Å². The van der Waals surface area contributed by atoms with Crippen molar-refractivity contribution in [2.75, 3.05) is 0 Å². The van der Waals surface area contributed by atoms with Crippen LogP contribution in [0.1, 0.15) is 29.2 Å². The lowest BCUT2D eigenvalue weighted by Gasteiger charge is -1.76. The van der Waals surface area contributed by atoms with Gasteiger partial charge in [0.2, 0.25) is 0 Å². The lowest BCUT2D eigenvalue weighted by atomic mass is 10.4. The topological polar surface area (TPSA) is 30.0 Å². The fourth-order valence-corrected chi connectivity index (χ4v) is 0.973. The molecule has 0 spiro atoms. The van der Waals surface area contributed by atoms with Crippen molar-refractivity contribution in [3.05, 3.63) is 16.1 Å². The fourth-order valence-electron chi connectivity index (χ4n) is 0.427. The molecule has 0 saturated carbocycles. The number of thiazole rings is 1. The Kier molecular flexibility index (Phi) is 4.76. The van der Waals surface area contributed by atoms with Crippen LogP contribution in [0.25, 0.3) is 0 Å². The Morgan fingerprint density at radius 3 is 2.40 bits per heavy atom. The maximum absolute atomic E-state index is 10.0. The van der Waals surface area contributed by atoms with Gasteiger partial charge in [0.25, 0.3) is 0 Å². The van der Waals surface area contributed by atoms with Crippen molar-refractivity contribution in [2.45, 2.75) is 20.8 Å². The first-order valence-electron chi connectivity index (χ1n) is 3.20. The van der Waals surface area contributed by atoms with Crippen LogP contribution in [0.2, 0.25) is 0 Å². The molecule has 2 nitrogen and oxygen atoms in total. The van der Waals surface area contributed by atoms with Gasteiger partial charge in [-0.05, 0) is 6.92 Å². The van der Waals surface area contributed by atoms with Gasteiger partial charge in [0, 0.05) is 4.88 Å². The van der Waals surface area contributed by atoms with Crippen LogP contribution in [0.15, 0.2) is 5.51 Å². The fraction of sp³-hybridized carbons (Fsp3) is 0.429. The number of aromatic nitrogens is 1. The highest BCUT2D eigenvalue weighted by molar-refractivity contribution is 7.09. The lowest BCUT2D eigenvalue weighted by Crippen LogP contribution is -1.78. The smallest absolute Gasteiger partial charge is 0.169 e. The van der Waals surface area contributed by atoms with Gasteiger partial charge in [-0.25, -0.2) is 4.98 Å². The van der Waals surface area contributed by atoms with Crippen LogP contribution in [0.3, 0.4) is 0 Å². The van der Waals surface area contributed by atoms with Gasteiger partial charge in [-0.3, -0.25) is 4.79 Å². The quantitative estimate of drug-likeness (QED) is 0.585. The number of aldehydes is 1. The van der Waals surface area contributed by atoms with Crippen molar-refractivity contribution in [1.82, 2.24) is 4.98 Å². The predicted octanol–water partition coefficient (Wildman–Crippen LogP) is 2.29. The van der Waals surface area contributed by atoms with Crippen LogP contribution < -0.4 is 0 Å². The van der Waals surface area contributed by atoms with Crippen LogP contribution in [-0.4, -0.2) is 11.3 Å². The molecule has 0 fully saturated rings. The van der Waals surface area contributed by atoms with E-state index < -0.39 is 0 Å². The molecule has 0 radical (unpaired) electrons. The highest BCUT2D eigenvalue weighted by Gasteiger charge is 1.95. The molecule has 0 aliphatic rings. The minimum atomic E-state index is 0.565. The second-order valence-corrected chi connectivity index (χ2v) is 2.47. The van der Waals surface area contributed by atoms with E-state index in [2.05, 4.69) is 4.98 Å². The average molecular weight is 157 g/mol. The summed E-state index contributed by atoms with van der Waals surface area (Å²) in [7, 11) is 0. The van der Waals surface area contributed by atoms with E-state index in [9.17, 15) is 4.79 Å². The van der Waals surface area contributed by atoms with E-state index in [1.807, 2.05) is 20.8 Å². The second kappa shape index (κ2) is 5.11. The van der Waals surface area contributed by atoms with Gasteiger partial charge in [0.1, 0.15) is 5.69 Å². The molecule has 0 amide bonds. The zero-order chi connectivity index (χ0) is 7.98. The van der Waals surface area contributed by atoms with Crippen molar-refractivity contribution < 1.29 is 4.79 Å². The summed E-state index contributed by atoms with van der Waals surface area (Å²) < 4.78 is 0. The number of hydrogen-bond acceptors (Lipinski definition) is 3. The maximum Gasteiger partial charge on any atom is 0.169 e. The minimum Gasteiger partial charge on any atom is -0.296 e. The highest BCUT2D eigenvalue weighted by Crippen LogP contribution is 2.07. The number of rotatable bonds is 1. The Balaban J connectivity index is 0.000000371. The monoisotopic (exact) mass is 157 g/mol. The zero-order valence-corrected chi connectivity index (χ0v) is 7.23. The van der Waals surface area contributed by atoms with Gasteiger partial charge in [-0.15, -0.1) is 11.3 Å². The maximum atomic E-state index is 10.0. The molecular weight excluding hydrogens is 146 g/mol. The van der Waals surface area contributed by atoms with Crippen LogP contribution in [-0.2, 0) is 0 Å². The molecular formula is C7H11NOS. The third kappa shape index (κ3) is 2.27. The van der Waals surface area contributed by atoms with Crippen LogP contribution in [0.5, 0.6) is 0 Å². The molecule has 56 valence electrons. The van der Waals surface area contributed by atoms with E-state index in [1.165, 1.54) is 11.3 Å². The van der Waals surface area contributed by atoms with Crippen molar-refractivity contribution in [2.24, 2.45) is 0 Å². The summed E-state index contributed by atoms with van der Waals surface area (Å²) in [5.74, 6) is 0. The van der Waals surface area contributed by atoms with Gasteiger partial charge in [0.05, 0.1) is 5.51 Å². The molecule has 1 aromatic heterocycles. The van der Waals surface area contributed by atoms with Gasteiger partial charge in [-0.2, -0.15) is 0 Å². The Labute approximate surface area is 64.9 Å².